The summed E-state index contributed by atoms with van der Waals surface area (Å²) < 4.78 is 0.688. The Hall–Kier alpha value is -1.15. The van der Waals surface area contributed by atoms with Gasteiger partial charge in [-0.05, 0) is 34.1 Å². The van der Waals surface area contributed by atoms with Crippen molar-refractivity contribution in [2.24, 2.45) is 0 Å². The van der Waals surface area contributed by atoms with E-state index >= 15 is 0 Å². The first-order valence-corrected chi connectivity index (χ1v) is 9.22. The number of nitrogens with one attached hydrogen (secondary N) is 1. The molecule has 0 aromatic carbocycles. The average molecular weight is 345 g/mol. The standard InChI is InChI=1S/C14H24N4O2S2/c1-6-7-11(19)15-13-16-17-14(22-13)21-8-12(20)18(9(2)3)10(4)5/h9-10H,6-8H2,1-5H3,(H,15,16,19). The van der Waals surface area contributed by atoms with E-state index in [0.717, 1.165) is 6.42 Å². The normalized spacial score (nSPS) is 11.0. The van der Waals surface area contributed by atoms with Crippen LogP contribution in [0.15, 0.2) is 4.34 Å². The molecule has 0 saturated heterocycles. The number of amides is 2. The number of anilines is 1. The molecule has 1 heterocycles. The molecule has 0 radical (unpaired) electrons. The zero-order chi connectivity index (χ0) is 16.7. The van der Waals surface area contributed by atoms with Crippen LogP contribution in [0, 0.1) is 0 Å². The lowest BCUT2D eigenvalue weighted by Gasteiger charge is -2.30. The summed E-state index contributed by atoms with van der Waals surface area (Å²) in [6.45, 7) is 9.98. The van der Waals surface area contributed by atoms with Crippen LogP contribution in [0.3, 0.4) is 0 Å². The van der Waals surface area contributed by atoms with Crippen molar-refractivity contribution < 1.29 is 9.59 Å². The predicted molar refractivity (Wildman–Crippen MR) is 91.3 cm³/mol. The number of nitrogens with zero attached hydrogens (tertiary/aromatic N) is 3. The third-order valence-electron chi connectivity index (χ3n) is 2.85. The Bertz CT molecular complexity index is 495. The first kappa shape index (κ1) is 18.9. The Morgan fingerprint density at radius 1 is 1.23 bits per heavy atom. The number of aromatic nitrogens is 2. The molecule has 1 aromatic heterocycles. The molecule has 1 rings (SSSR count). The Balaban J connectivity index is 2.53. The molecule has 6 nitrogen and oxygen atoms in total. The fraction of sp³-hybridized carbons (Fsp3) is 0.714. The van der Waals surface area contributed by atoms with Gasteiger partial charge in [0.05, 0.1) is 5.75 Å². The van der Waals surface area contributed by atoms with Crippen molar-refractivity contribution in [2.75, 3.05) is 11.1 Å². The Morgan fingerprint density at radius 2 is 1.86 bits per heavy atom. The van der Waals surface area contributed by atoms with Gasteiger partial charge in [-0.25, -0.2) is 0 Å². The van der Waals surface area contributed by atoms with E-state index in [1.165, 1.54) is 23.1 Å². The topological polar surface area (TPSA) is 75.2 Å². The monoisotopic (exact) mass is 344 g/mol. The lowest BCUT2D eigenvalue weighted by Crippen LogP contribution is -2.43. The van der Waals surface area contributed by atoms with Gasteiger partial charge in [0.1, 0.15) is 0 Å². The van der Waals surface area contributed by atoms with Gasteiger partial charge in [-0.3, -0.25) is 9.59 Å². The van der Waals surface area contributed by atoms with E-state index in [1.807, 2.05) is 39.5 Å². The number of thioether (sulfide) groups is 1. The zero-order valence-electron chi connectivity index (χ0n) is 13.8. The van der Waals surface area contributed by atoms with Gasteiger partial charge in [0.25, 0.3) is 0 Å². The van der Waals surface area contributed by atoms with E-state index in [-0.39, 0.29) is 23.9 Å². The highest BCUT2D eigenvalue weighted by molar-refractivity contribution is 8.01. The van der Waals surface area contributed by atoms with Crippen molar-refractivity contribution in [3.8, 4) is 0 Å². The second-order valence-electron chi connectivity index (χ2n) is 5.45. The van der Waals surface area contributed by atoms with Crippen LogP contribution in [0.5, 0.6) is 0 Å². The highest BCUT2D eigenvalue weighted by Gasteiger charge is 2.20. The van der Waals surface area contributed by atoms with Gasteiger partial charge in [0, 0.05) is 18.5 Å². The molecular weight excluding hydrogens is 320 g/mol. The van der Waals surface area contributed by atoms with Crippen LogP contribution in [0.25, 0.3) is 0 Å². The minimum atomic E-state index is -0.0583. The molecule has 22 heavy (non-hydrogen) atoms. The fourth-order valence-electron chi connectivity index (χ4n) is 2.10. The van der Waals surface area contributed by atoms with Gasteiger partial charge in [0.15, 0.2) is 4.34 Å². The SMILES string of the molecule is CCCC(=O)Nc1nnc(SCC(=O)N(C(C)C)C(C)C)s1. The smallest absolute Gasteiger partial charge is 0.233 e. The van der Waals surface area contributed by atoms with Gasteiger partial charge in [-0.15, -0.1) is 10.2 Å². The van der Waals surface area contributed by atoms with Crippen LogP contribution < -0.4 is 5.32 Å². The minimum Gasteiger partial charge on any atom is -0.337 e. The van der Waals surface area contributed by atoms with E-state index in [2.05, 4.69) is 15.5 Å². The fourth-order valence-corrected chi connectivity index (χ4v) is 3.74. The van der Waals surface area contributed by atoms with E-state index in [0.29, 0.717) is 21.6 Å². The molecule has 0 aliphatic carbocycles. The van der Waals surface area contributed by atoms with Crippen molar-refractivity contribution in [1.29, 1.82) is 0 Å². The Labute approximate surface area is 140 Å². The molecule has 0 spiro atoms. The van der Waals surface area contributed by atoms with Crippen molar-refractivity contribution in [1.82, 2.24) is 15.1 Å². The molecule has 0 unspecified atom stereocenters. The van der Waals surface area contributed by atoms with Crippen LogP contribution in [-0.2, 0) is 9.59 Å². The van der Waals surface area contributed by atoms with Crippen molar-refractivity contribution in [2.45, 2.75) is 63.9 Å². The van der Waals surface area contributed by atoms with Crippen LogP contribution in [0.4, 0.5) is 5.13 Å². The number of rotatable bonds is 8. The predicted octanol–water partition coefficient (Wildman–Crippen LogP) is 3.01. The number of carbonyl (C=O) groups is 2. The summed E-state index contributed by atoms with van der Waals surface area (Å²) in [7, 11) is 0. The molecule has 0 fully saturated rings. The molecule has 0 saturated carbocycles. The summed E-state index contributed by atoms with van der Waals surface area (Å²) in [6, 6.07) is 0.345. The summed E-state index contributed by atoms with van der Waals surface area (Å²) in [5.74, 6) is 0.354. The molecular formula is C14H24N4O2S2. The van der Waals surface area contributed by atoms with Gasteiger partial charge in [-0.2, -0.15) is 0 Å². The van der Waals surface area contributed by atoms with Gasteiger partial charge in [0.2, 0.25) is 16.9 Å². The quantitative estimate of drug-likeness (QED) is 0.579. The number of hydrogen-bond donors (Lipinski definition) is 1. The lowest BCUT2D eigenvalue weighted by molar-refractivity contribution is -0.131. The second kappa shape index (κ2) is 9.09. The van der Waals surface area contributed by atoms with Crippen molar-refractivity contribution >= 4 is 40.0 Å². The van der Waals surface area contributed by atoms with Gasteiger partial charge < -0.3 is 10.2 Å². The molecule has 0 aliphatic heterocycles. The first-order valence-electron chi connectivity index (χ1n) is 7.42. The number of hydrogen-bond acceptors (Lipinski definition) is 6. The van der Waals surface area contributed by atoms with E-state index in [4.69, 9.17) is 0 Å². The molecule has 1 N–H and O–H groups in total. The molecule has 1 aromatic rings. The Morgan fingerprint density at radius 3 is 2.41 bits per heavy atom. The third-order valence-corrected chi connectivity index (χ3v) is 4.81. The van der Waals surface area contributed by atoms with Crippen LogP contribution in [0.1, 0.15) is 47.5 Å². The molecule has 0 bridgehead atoms. The largest absolute Gasteiger partial charge is 0.337 e. The van der Waals surface area contributed by atoms with Crippen molar-refractivity contribution in [3.63, 3.8) is 0 Å². The Kier molecular flexibility index (Phi) is 7.81. The molecule has 0 atom stereocenters. The molecule has 124 valence electrons. The highest BCUT2D eigenvalue weighted by Crippen LogP contribution is 2.26. The van der Waals surface area contributed by atoms with Crippen molar-refractivity contribution in [3.05, 3.63) is 0 Å². The summed E-state index contributed by atoms with van der Waals surface area (Å²) in [5, 5.41) is 11.1. The maximum Gasteiger partial charge on any atom is 0.233 e. The van der Waals surface area contributed by atoms with Crippen LogP contribution in [0.2, 0.25) is 0 Å². The van der Waals surface area contributed by atoms with Gasteiger partial charge in [-0.1, -0.05) is 30.0 Å². The molecule has 8 heteroatoms. The van der Waals surface area contributed by atoms with E-state index in [9.17, 15) is 9.59 Å². The first-order chi connectivity index (χ1) is 10.3. The molecule has 0 aliphatic rings. The average Bonchev–Trinajstić information content (AvgIpc) is 2.83. The maximum absolute atomic E-state index is 12.3. The summed E-state index contributed by atoms with van der Waals surface area (Å²) in [6.07, 6.45) is 1.26. The maximum atomic E-state index is 12.3. The summed E-state index contributed by atoms with van der Waals surface area (Å²) in [4.78, 5) is 25.6. The number of carbonyl (C=O) groups excluding carboxylic acids is 2. The third kappa shape index (κ3) is 5.92. The summed E-state index contributed by atoms with van der Waals surface area (Å²) in [5.41, 5.74) is 0. The van der Waals surface area contributed by atoms with E-state index < -0.39 is 0 Å². The summed E-state index contributed by atoms with van der Waals surface area (Å²) >= 11 is 2.65. The minimum absolute atomic E-state index is 0.0583. The lowest BCUT2D eigenvalue weighted by atomic mass is 10.2. The van der Waals surface area contributed by atoms with Crippen LogP contribution in [-0.4, -0.2) is 44.7 Å². The van der Waals surface area contributed by atoms with Crippen LogP contribution >= 0.6 is 23.1 Å². The zero-order valence-corrected chi connectivity index (χ0v) is 15.4. The second-order valence-corrected chi connectivity index (χ2v) is 7.65. The highest BCUT2D eigenvalue weighted by atomic mass is 32.2. The molecule has 2 amide bonds. The van der Waals surface area contributed by atoms with Gasteiger partial charge >= 0.3 is 0 Å². The van der Waals surface area contributed by atoms with E-state index in [1.54, 1.807) is 0 Å².